The predicted molar refractivity (Wildman–Crippen MR) is 113 cm³/mol. The van der Waals surface area contributed by atoms with Crippen molar-refractivity contribution in [1.29, 1.82) is 0 Å². The zero-order chi connectivity index (χ0) is 21.1. The third kappa shape index (κ3) is 4.19. The van der Waals surface area contributed by atoms with Gasteiger partial charge < -0.3 is 20.1 Å². The van der Waals surface area contributed by atoms with Crippen LogP contribution in [0, 0.1) is 12.8 Å². The Hall–Kier alpha value is -2.67. The van der Waals surface area contributed by atoms with E-state index in [9.17, 15) is 9.90 Å². The number of aryl methyl sites for hydroxylation is 1. The Labute approximate surface area is 172 Å². The highest BCUT2D eigenvalue weighted by atomic mass is 16.5. The van der Waals surface area contributed by atoms with Gasteiger partial charge in [0.2, 0.25) is 5.95 Å². The highest BCUT2D eigenvalue weighted by Gasteiger charge is 2.40. The number of fused-ring (bicyclic) bond motifs is 1. The molecule has 0 radical (unpaired) electrons. The molecule has 2 aromatic rings. The lowest BCUT2D eigenvalue weighted by Gasteiger charge is -2.48. The third-order valence-corrected chi connectivity index (χ3v) is 5.54. The molecule has 0 amide bonds. The van der Waals surface area contributed by atoms with Gasteiger partial charge in [-0.1, -0.05) is 13.8 Å². The SMILES string of the molecule is CCOC(=O)c1ccc2c(c1)[C@H](Nc1nccc(C)n1)[C@@H](C)[C@H](CC)N2C(C)O. The summed E-state index contributed by atoms with van der Waals surface area (Å²) in [6, 6.07) is 7.38. The summed E-state index contributed by atoms with van der Waals surface area (Å²) in [4.78, 5) is 23.2. The molecule has 1 aliphatic rings. The van der Waals surface area contributed by atoms with Gasteiger partial charge in [-0.3, -0.25) is 0 Å². The number of aromatic nitrogens is 2. The Bertz CT molecular complexity index is 871. The zero-order valence-corrected chi connectivity index (χ0v) is 17.7. The molecule has 2 heterocycles. The number of aliphatic hydroxyl groups is 1. The minimum Gasteiger partial charge on any atom is -0.462 e. The van der Waals surface area contributed by atoms with Gasteiger partial charge in [-0.05, 0) is 57.0 Å². The van der Waals surface area contributed by atoms with Crippen LogP contribution in [-0.2, 0) is 4.74 Å². The van der Waals surface area contributed by atoms with Crippen LogP contribution in [0.4, 0.5) is 11.6 Å². The Morgan fingerprint density at radius 1 is 1.34 bits per heavy atom. The minimum atomic E-state index is -0.647. The number of carbonyl (C=O) groups is 1. The molecule has 0 spiro atoms. The van der Waals surface area contributed by atoms with E-state index >= 15 is 0 Å². The molecule has 2 N–H and O–H groups in total. The number of carbonyl (C=O) groups excluding carboxylic acids is 1. The Kier molecular flexibility index (Phi) is 6.37. The second-order valence-electron chi connectivity index (χ2n) is 7.51. The highest BCUT2D eigenvalue weighted by Crippen LogP contribution is 2.44. The highest BCUT2D eigenvalue weighted by molar-refractivity contribution is 5.90. The number of aliphatic hydroxyl groups excluding tert-OH is 1. The van der Waals surface area contributed by atoms with Crippen molar-refractivity contribution in [3.63, 3.8) is 0 Å². The molecule has 1 unspecified atom stereocenters. The van der Waals surface area contributed by atoms with Gasteiger partial charge in [0.05, 0.1) is 18.2 Å². The standard InChI is InChI=1S/C22H30N4O3/c1-6-18-14(4)20(25-22-23-11-10-13(3)24-22)17-12-16(21(28)29-7-2)8-9-19(17)26(18)15(5)27/h8-12,14-15,18,20,27H,6-7H2,1-5H3,(H,23,24,25)/t14-,15?,18-,20+/m0/s1. The maximum absolute atomic E-state index is 12.3. The summed E-state index contributed by atoms with van der Waals surface area (Å²) in [6.07, 6.45) is 1.96. The fourth-order valence-corrected chi connectivity index (χ4v) is 4.23. The van der Waals surface area contributed by atoms with Gasteiger partial charge in [0, 0.05) is 29.5 Å². The van der Waals surface area contributed by atoms with Crippen molar-refractivity contribution >= 4 is 17.6 Å². The largest absolute Gasteiger partial charge is 0.462 e. The average Bonchev–Trinajstić information content (AvgIpc) is 2.69. The molecule has 156 valence electrons. The van der Waals surface area contributed by atoms with Crippen LogP contribution in [0.2, 0.25) is 0 Å². The number of esters is 1. The summed E-state index contributed by atoms with van der Waals surface area (Å²) >= 11 is 0. The fraction of sp³-hybridized carbons (Fsp3) is 0.500. The molecule has 1 aromatic carbocycles. The molecule has 1 aliphatic heterocycles. The maximum atomic E-state index is 12.3. The first-order valence-electron chi connectivity index (χ1n) is 10.2. The molecule has 0 bridgehead atoms. The van der Waals surface area contributed by atoms with Gasteiger partial charge in [0.25, 0.3) is 0 Å². The van der Waals surface area contributed by atoms with E-state index in [1.807, 2.05) is 30.0 Å². The summed E-state index contributed by atoms with van der Waals surface area (Å²) in [5.41, 5.74) is 3.21. The predicted octanol–water partition coefficient (Wildman–Crippen LogP) is 3.69. The van der Waals surface area contributed by atoms with Gasteiger partial charge in [-0.2, -0.15) is 0 Å². The van der Waals surface area contributed by atoms with Gasteiger partial charge in [-0.25, -0.2) is 14.8 Å². The van der Waals surface area contributed by atoms with Crippen LogP contribution in [0.3, 0.4) is 0 Å². The van der Waals surface area contributed by atoms with Crippen LogP contribution in [0.1, 0.15) is 61.8 Å². The molecule has 29 heavy (non-hydrogen) atoms. The second kappa shape index (κ2) is 8.78. The fourth-order valence-electron chi connectivity index (χ4n) is 4.23. The Morgan fingerprint density at radius 2 is 2.10 bits per heavy atom. The van der Waals surface area contributed by atoms with Gasteiger partial charge >= 0.3 is 5.97 Å². The van der Waals surface area contributed by atoms with Gasteiger partial charge in [0.1, 0.15) is 6.23 Å². The molecule has 1 aromatic heterocycles. The second-order valence-corrected chi connectivity index (χ2v) is 7.51. The summed E-state index contributed by atoms with van der Waals surface area (Å²) in [7, 11) is 0. The van der Waals surface area contributed by atoms with E-state index in [0.29, 0.717) is 18.1 Å². The van der Waals surface area contributed by atoms with E-state index in [-0.39, 0.29) is 24.0 Å². The first kappa shape index (κ1) is 21.0. The van der Waals surface area contributed by atoms with Crippen LogP contribution in [0.25, 0.3) is 0 Å². The quantitative estimate of drug-likeness (QED) is 0.718. The molecule has 3 rings (SSSR count). The van der Waals surface area contributed by atoms with Crippen molar-refractivity contribution in [3.8, 4) is 0 Å². The Balaban J connectivity index is 2.10. The van der Waals surface area contributed by atoms with Crippen molar-refractivity contribution in [2.24, 2.45) is 5.92 Å². The van der Waals surface area contributed by atoms with Crippen molar-refractivity contribution in [3.05, 3.63) is 47.3 Å². The van der Waals surface area contributed by atoms with Crippen LogP contribution in [0.15, 0.2) is 30.5 Å². The van der Waals surface area contributed by atoms with E-state index in [2.05, 4.69) is 29.1 Å². The summed E-state index contributed by atoms with van der Waals surface area (Å²) < 4.78 is 5.18. The van der Waals surface area contributed by atoms with Crippen LogP contribution in [-0.4, -0.2) is 39.9 Å². The van der Waals surface area contributed by atoms with Crippen LogP contribution < -0.4 is 10.2 Å². The molecule has 7 nitrogen and oxygen atoms in total. The molecule has 0 fully saturated rings. The molecular weight excluding hydrogens is 368 g/mol. The van der Waals surface area contributed by atoms with Crippen LogP contribution >= 0.6 is 0 Å². The maximum Gasteiger partial charge on any atom is 0.338 e. The number of nitrogens with zero attached hydrogens (tertiary/aromatic N) is 3. The average molecular weight is 399 g/mol. The molecule has 0 saturated heterocycles. The lowest BCUT2D eigenvalue weighted by Crippen LogP contribution is -2.51. The van der Waals surface area contributed by atoms with Crippen molar-refractivity contribution < 1.29 is 14.6 Å². The number of nitrogens with one attached hydrogen (secondary N) is 1. The lowest BCUT2D eigenvalue weighted by molar-refractivity contribution is 0.0526. The summed E-state index contributed by atoms with van der Waals surface area (Å²) in [6.45, 7) is 10.1. The number of ether oxygens (including phenoxy) is 1. The lowest BCUT2D eigenvalue weighted by atomic mass is 9.80. The molecular formula is C22H30N4O3. The monoisotopic (exact) mass is 398 g/mol. The summed E-state index contributed by atoms with van der Waals surface area (Å²) in [5, 5.41) is 14.0. The zero-order valence-electron chi connectivity index (χ0n) is 17.7. The molecule has 0 aliphatic carbocycles. The Morgan fingerprint density at radius 3 is 2.72 bits per heavy atom. The number of anilines is 2. The van der Waals surface area contributed by atoms with Gasteiger partial charge in [-0.15, -0.1) is 0 Å². The van der Waals surface area contributed by atoms with E-state index < -0.39 is 6.23 Å². The van der Waals surface area contributed by atoms with E-state index in [1.165, 1.54) is 0 Å². The molecule has 0 saturated carbocycles. The van der Waals surface area contributed by atoms with Crippen molar-refractivity contribution in [2.75, 3.05) is 16.8 Å². The van der Waals surface area contributed by atoms with Gasteiger partial charge in [0.15, 0.2) is 0 Å². The third-order valence-electron chi connectivity index (χ3n) is 5.54. The van der Waals surface area contributed by atoms with E-state index in [1.54, 1.807) is 26.1 Å². The van der Waals surface area contributed by atoms with Crippen molar-refractivity contribution in [2.45, 2.75) is 59.4 Å². The minimum absolute atomic E-state index is 0.110. The molecule has 7 heteroatoms. The van der Waals surface area contributed by atoms with Crippen molar-refractivity contribution in [1.82, 2.24) is 9.97 Å². The number of hydrogen-bond acceptors (Lipinski definition) is 7. The number of rotatable bonds is 6. The first-order valence-corrected chi connectivity index (χ1v) is 10.2. The molecule has 4 atom stereocenters. The number of benzene rings is 1. The number of hydrogen-bond donors (Lipinski definition) is 2. The van der Waals surface area contributed by atoms with E-state index in [0.717, 1.165) is 23.4 Å². The first-order chi connectivity index (χ1) is 13.9. The topological polar surface area (TPSA) is 87.6 Å². The smallest absolute Gasteiger partial charge is 0.338 e. The normalized spacial score (nSPS) is 22.0. The van der Waals surface area contributed by atoms with E-state index in [4.69, 9.17) is 4.74 Å². The summed E-state index contributed by atoms with van der Waals surface area (Å²) in [5.74, 6) is 0.341. The van der Waals surface area contributed by atoms with Crippen LogP contribution in [0.5, 0.6) is 0 Å².